The van der Waals surface area contributed by atoms with Crippen LogP contribution in [0, 0.1) is 5.82 Å². The summed E-state index contributed by atoms with van der Waals surface area (Å²) in [6, 6.07) is 19.8. The van der Waals surface area contributed by atoms with Gasteiger partial charge >= 0.3 is 6.09 Å². The number of nitrogens with one attached hydrogen (secondary N) is 1. The second-order valence-corrected chi connectivity index (χ2v) is 7.59. The summed E-state index contributed by atoms with van der Waals surface area (Å²) >= 11 is 0. The van der Waals surface area contributed by atoms with Crippen molar-refractivity contribution in [3.63, 3.8) is 0 Å². The van der Waals surface area contributed by atoms with Gasteiger partial charge in [0.2, 0.25) is 0 Å². The summed E-state index contributed by atoms with van der Waals surface area (Å²) < 4.78 is 19.6. The number of aliphatic hydroxyl groups excluding tert-OH is 2. The fourth-order valence-electron chi connectivity index (χ4n) is 4.04. The lowest BCUT2D eigenvalue weighted by atomic mass is 9.98. The third-order valence-corrected chi connectivity index (χ3v) is 5.67. The fourth-order valence-corrected chi connectivity index (χ4v) is 4.04. The number of hydrogen-bond acceptors (Lipinski definition) is 5. The van der Waals surface area contributed by atoms with E-state index >= 15 is 0 Å². The molecule has 1 aliphatic rings. The Bertz CT molecular complexity index is 1100. The van der Waals surface area contributed by atoms with Gasteiger partial charge in [-0.2, -0.15) is 0 Å². The number of hydrogen-bond donors (Lipinski definition) is 3. The van der Waals surface area contributed by atoms with Crippen molar-refractivity contribution in [3.05, 3.63) is 94.8 Å². The molecule has 0 saturated carbocycles. The average molecular weight is 435 g/mol. The van der Waals surface area contributed by atoms with Crippen molar-refractivity contribution in [1.82, 2.24) is 5.32 Å². The lowest BCUT2D eigenvalue weighted by Crippen LogP contribution is -2.36. The maximum atomic E-state index is 14.2. The Morgan fingerprint density at radius 2 is 1.62 bits per heavy atom. The van der Waals surface area contributed by atoms with Crippen molar-refractivity contribution in [3.8, 4) is 11.1 Å². The minimum Gasteiger partial charge on any atom is -0.449 e. The first kappa shape index (κ1) is 21.7. The number of halogens is 1. The molecule has 164 valence electrons. The first-order chi connectivity index (χ1) is 15.5. The van der Waals surface area contributed by atoms with Crippen molar-refractivity contribution < 1.29 is 28.9 Å². The van der Waals surface area contributed by atoms with Crippen molar-refractivity contribution in [2.45, 2.75) is 18.1 Å². The van der Waals surface area contributed by atoms with Gasteiger partial charge in [-0.25, -0.2) is 9.18 Å². The predicted molar refractivity (Wildman–Crippen MR) is 116 cm³/mol. The Morgan fingerprint density at radius 3 is 2.25 bits per heavy atom. The molecule has 4 rings (SSSR count). The van der Waals surface area contributed by atoms with Crippen LogP contribution in [0.2, 0.25) is 0 Å². The summed E-state index contributed by atoms with van der Waals surface area (Å²) in [4.78, 5) is 23.1. The summed E-state index contributed by atoms with van der Waals surface area (Å²) in [5, 5.41) is 22.8. The molecule has 6 nitrogen and oxygen atoms in total. The monoisotopic (exact) mass is 435 g/mol. The van der Waals surface area contributed by atoms with Crippen LogP contribution in [-0.2, 0) is 4.74 Å². The SMILES string of the molecule is O=Cc1cccc(C(O)C(O)CNC(=O)OCC2c3ccccc3-c3ccccc32)c1F. The minimum atomic E-state index is -1.62. The van der Waals surface area contributed by atoms with Crippen LogP contribution in [0.3, 0.4) is 0 Å². The smallest absolute Gasteiger partial charge is 0.407 e. The van der Waals surface area contributed by atoms with Gasteiger partial charge in [0.15, 0.2) is 6.29 Å². The maximum absolute atomic E-state index is 14.2. The van der Waals surface area contributed by atoms with Gasteiger partial charge in [-0.1, -0.05) is 60.7 Å². The fraction of sp³-hybridized carbons (Fsp3) is 0.200. The Kier molecular flexibility index (Phi) is 6.30. The molecule has 0 aliphatic heterocycles. The van der Waals surface area contributed by atoms with Crippen LogP contribution >= 0.6 is 0 Å². The van der Waals surface area contributed by atoms with E-state index in [1.54, 1.807) is 0 Å². The van der Waals surface area contributed by atoms with Gasteiger partial charge in [0.1, 0.15) is 24.6 Å². The first-order valence-corrected chi connectivity index (χ1v) is 10.2. The number of rotatable bonds is 7. The number of aliphatic hydroxyl groups is 2. The number of alkyl carbamates (subject to hydrolysis) is 1. The van der Waals surface area contributed by atoms with Crippen LogP contribution in [0.5, 0.6) is 0 Å². The van der Waals surface area contributed by atoms with E-state index in [-0.39, 0.29) is 30.2 Å². The van der Waals surface area contributed by atoms with E-state index in [1.165, 1.54) is 18.2 Å². The van der Waals surface area contributed by atoms with E-state index in [0.29, 0.717) is 6.29 Å². The van der Waals surface area contributed by atoms with Gasteiger partial charge in [0.25, 0.3) is 0 Å². The molecular formula is C25H22FNO5. The van der Waals surface area contributed by atoms with Crippen molar-refractivity contribution in [2.24, 2.45) is 0 Å². The summed E-state index contributed by atoms with van der Waals surface area (Å²) in [7, 11) is 0. The van der Waals surface area contributed by atoms with E-state index in [0.717, 1.165) is 22.3 Å². The van der Waals surface area contributed by atoms with E-state index in [2.05, 4.69) is 5.32 Å². The topological polar surface area (TPSA) is 95.9 Å². The van der Waals surface area contributed by atoms with Gasteiger partial charge in [0.05, 0.1) is 5.56 Å². The molecule has 0 heterocycles. The van der Waals surface area contributed by atoms with Crippen LogP contribution in [0.25, 0.3) is 11.1 Å². The van der Waals surface area contributed by atoms with Crippen LogP contribution in [0.1, 0.15) is 39.1 Å². The van der Waals surface area contributed by atoms with E-state index in [4.69, 9.17) is 4.74 Å². The molecule has 3 aromatic rings. The molecule has 0 aromatic heterocycles. The molecule has 3 N–H and O–H groups in total. The molecule has 0 saturated heterocycles. The van der Waals surface area contributed by atoms with Gasteiger partial charge in [-0.15, -0.1) is 0 Å². The molecule has 7 heteroatoms. The number of fused-ring (bicyclic) bond motifs is 3. The summed E-state index contributed by atoms with van der Waals surface area (Å²) in [5.74, 6) is -1.01. The zero-order chi connectivity index (χ0) is 22.7. The Hall–Kier alpha value is -3.55. The lowest BCUT2D eigenvalue weighted by Gasteiger charge is -2.20. The zero-order valence-corrected chi connectivity index (χ0v) is 17.1. The third-order valence-electron chi connectivity index (χ3n) is 5.67. The standard InChI is InChI=1S/C25H22FNO5/c26-23-15(13-28)6-5-11-20(23)24(30)22(29)12-27-25(31)32-14-21-18-9-3-1-7-16(18)17-8-2-4-10-19(17)21/h1-11,13,21-22,24,29-30H,12,14H2,(H,27,31). The second kappa shape index (κ2) is 9.30. The molecule has 32 heavy (non-hydrogen) atoms. The van der Waals surface area contributed by atoms with E-state index in [9.17, 15) is 24.2 Å². The van der Waals surface area contributed by atoms with E-state index < -0.39 is 24.1 Å². The zero-order valence-electron chi connectivity index (χ0n) is 17.1. The Morgan fingerprint density at radius 1 is 1.00 bits per heavy atom. The first-order valence-electron chi connectivity index (χ1n) is 10.2. The molecule has 2 atom stereocenters. The highest BCUT2D eigenvalue weighted by Gasteiger charge is 2.29. The largest absolute Gasteiger partial charge is 0.449 e. The number of aldehydes is 1. The highest BCUT2D eigenvalue weighted by atomic mass is 19.1. The molecule has 2 unspecified atom stereocenters. The summed E-state index contributed by atoms with van der Waals surface area (Å²) in [6.45, 7) is -0.253. The van der Waals surface area contributed by atoms with Crippen LogP contribution < -0.4 is 5.32 Å². The number of ether oxygens (including phenoxy) is 1. The number of benzene rings is 3. The van der Waals surface area contributed by atoms with Gasteiger partial charge in [-0.3, -0.25) is 4.79 Å². The molecule has 1 amide bonds. The number of amides is 1. The highest BCUT2D eigenvalue weighted by molar-refractivity contribution is 5.79. The van der Waals surface area contributed by atoms with Crippen molar-refractivity contribution >= 4 is 12.4 Å². The highest BCUT2D eigenvalue weighted by Crippen LogP contribution is 2.44. The van der Waals surface area contributed by atoms with Crippen molar-refractivity contribution in [1.29, 1.82) is 0 Å². The van der Waals surface area contributed by atoms with Crippen LogP contribution in [-0.4, -0.2) is 41.8 Å². The maximum Gasteiger partial charge on any atom is 0.407 e. The van der Waals surface area contributed by atoms with Gasteiger partial charge in [0, 0.05) is 18.0 Å². The summed E-state index contributed by atoms with van der Waals surface area (Å²) in [5.41, 5.74) is 3.91. The molecule has 3 aromatic carbocycles. The molecule has 0 fully saturated rings. The number of carbonyl (C=O) groups excluding carboxylic acids is 2. The van der Waals surface area contributed by atoms with Gasteiger partial charge in [-0.05, 0) is 28.3 Å². The van der Waals surface area contributed by atoms with Crippen LogP contribution in [0.15, 0.2) is 66.7 Å². The molecule has 0 spiro atoms. The minimum absolute atomic E-state index is 0.106. The summed E-state index contributed by atoms with van der Waals surface area (Å²) in [6.07, 6.45) is -3.55. The second-order valence-electron chi connectivity index (χ2n) is 7.59. The molecule has 0 bridgehead atoms. The quantitative estimate of drug-likeness (QED) is 0.493. The molecular weight excluding hydrogens is 413 g/mol. The normalized spacial score (nSPS) is 14.2. The van der Waals surface area contributed by atoms with Crippen molar-refractivity contribution in [2.75, 3.05) is 13.2 Å². The van der Waals surface area contributed by atoms with Crippen LogP contribution in [0.4, 0.5) is 9.18 Å². The lowest BCUT2D eigenvalue weighted by molar-refractivity contribution is 0.0165. The Labute approximate surface area is 184 Å². The van der Waals surface area contributed by atoms with Gasteiger partial charge < -0.3 is 20.3 Å². The number of carbonyl (C=O) groups is 2. The average Bonchev–Trinajstić information content (AvgIpc) is 3.14. The molecule has 1 aliphatic carbocycles. The third kappa shape index (κ3) is 4.12. The predicted octanol–water partition coefficient (Wildman–Crippen LogP) is 3.57. The molecule has 0 radical (unpaired) electrons. The Balaban J connectivity index is 1.36. The van der Waals surface area contributed by atoms with E-state index in [1.807, 2.05) is 48.5 Å².